The van der Waals surface area contributed by atoms with Gasteiger partial charge < -0.3 is 5.32 Å². The highest BCUT2D eigenvalue weighted by Crippen LogP contribution is 2.14. The molecule has 0 fully saturated rings. The van der Waals surface area contributed by atoms with E-state index in [1.54, 1.807) is 0 Å². The Morgan fingerprint density at radius 3 is 2.18 bits per heavy atom. The van der Waals surface area contributed by atoms with E-state index < -0.39 is 12.7 Å². The third-order valence-electron chi connectivity index (χ3n) is 2.87. The summed E-state index contributed by atoms with van der Waals surface area (Å²) in [6, 6.07) is 0. The average molecular weight is 253 g/mol. The maximum Gasteiger partial charge on any atom is 0.401 e. The molecule has 0 aromatic carbocycles. The monoisotopic (exact) mass is 253 g/mol. The molecule has 1 N–H and O–H groups in total. The van der Waals surface area contributed by atoms with E-state index in [0.29, 0.717) is 12.5 Å². The third kappa shape index (κ3) is 13.7. The summed E-state index contributed by atoms with van der Waals surface area (Å²) in [6.07, 6.45) is 4.38. The van der Waals surface area contributed by atoms with E-state index >= 15 is 0 Å². The molecule has 0 radical (unpaired) electrons. The molecule has 0 spiro atoms. The topological polar surface area (TPSA) is 12.0 Å². The van der Waals surface area contributed by atoms with Crippen LogP contribution in [0.1, 0.15) is 58.8 Å². The predicted octanol–water partition coefficient (Wildman–Crippen LogP) is 4.53. The summed E-state index contributed by atoms with van der Waals surface area (Å²) in [4.78, 5) is 0. The zero-order chi connectivity index (χ0) is 13.1. The van der Waals surface area contributed by atoms with E-state index in [0.717, 1.165) is 12.8 Å². The smallest absolute Gasteiger partial charge is 0.308 e. The van der Waals surface area contributed by atoms with Crippen LogP contribution in [0.25, 0.3) is 0 Å². The average Bonchev–Trinajstić information content (AvgIpc) is 2.21. The highest BCUT2D eigenvalue weighted by atomic mass is 19.4. The molecular formula is C13H26F3N. The number of nitrogens with one attached hydrogen (secondary N) is 1. The highest BCUT2D eigenvalue weighted by Gasteiger charge is 2.26. The molecule has 0 aromatic rings. The molecule has 0 heterocycles. The van der Waals surface area contributed by atoms with Crippen LogP contribution in [0, 0.1) is 5.92 Å². The van der Waals surface area contributed by atoms with Crippen molar-refractivity contribution in [3.05, 3.63) is 0 Å². The summed E-state index contributed by atoms with van der Waals surface area (Å²) in [5.41, 5.74) is 0. The zero-order valence-corrected chi connectivity index (χ0v) is 11.1. The summed E-state index contributed by atoms with van der Waals surface area (Å²) in [5, 5.41) is 2.46. The second-order valence-electron chi connectivity index (χ2n) is 4.91. The Balaban J connectivity index is 3.26. The Kier molecular flexibility index (Phi) is 9.60. The second kappa shape index (κ2) is 9.75. The molecule has 0 bridgehead atoms. The number of unbranched alkanes of at least 4 members (excludes halogenated alkanes) is 5. The van der Waals surface area contributed by atoms with Crippen LogP contribution < -0.4 is 5.32 Å². The summed E-state index contributed by atoms with van der Waals surface area (Å²) in [5.74, 6) is 0.337. The second-order valence-corrected chi connectivity index (χ2v) is 4.91. The Hall–Kier alpha value is -0.250. The zero-order valence-electron chi connectivity index (χ0n) is 11.1. The van der Waals surface area contributed by atoms with E-state index in [1.807, 2.05) is 6.92 Å². The molecular weight excluding hydrogens is 227 g/mol. The Morgan fingerprint density at radius 1 is 1.00 bits per heavy atom. The van der Waals surface area contributed by atoms with Gasteiger partial charge in [-0.2, -0.15) is 13.2 Å². The molecule has 1 atom stereocenters. The molecule has 1 unspecified atom stereocenters. The van der Waals surface area contributed by atoms with Gasteiger partial charge in [-0.15, -0.1) is 0 Å². The minimum atomic E-state index is -4.08. The first-order chi connectivity index (χ1) is 7.95. The summed E-state index contributed by atoms with van der Waals surface area (Å²) in [7, 11) is 0. The van der Waals surface area contributed by atoms with Gasteiger partial charge in [0.15, 0.2) is 0 Å². The first-order valence-corrected chi connectivity index (χ1v) is 6.73. The fourth-order valence-corrected chi connectivity index (χ4v) is 1.84. The van der Waals surface area contributed by atoms with Crippen LogP contribution in [0.3, 0.4) is 0 Å². The Labute approximate surface area is 103 Å². The molecule has 0 rings (SSSR count). The van der Waals surface area contributed by atoms with Crippen LogP contribution in [0.15, 0.2) is 0 Å². The fourth-order valence-electron chi connectivity index (χ4n) is 1.84. The van der Waals surface area contributed by atoms with Crippen molar-refractivity contribution in [1.82, 2.24) is 5.32 Å². The summed E-state index contributed by atoms with van der Waals surface area (Å²) in [6.45, 7) is 3.80. The normalized spacial score (nSPS) is 13.9. The molecule has 17 heavy (non-hydrogen) atoms. The quantitative estimate of drug-likeness (QED) is 0.564. The van der Waals surface area contributed by atoms with Crippen molar-refractivity contribution in [2.45, 2.75) is 65.0 Å². The maximum atomic E-state index is 11.9. The van der Waals surface area contributed by atoms with Crippen molar-refractivity contribution in [2.24, 2.45) is 5.92 Å². The van der Waals surface area contributed by atoms with Gasteiger partial charge in [0.2, 0.25) is 0 Å². The van der Waals surface area contributed by atoms with Crippen molar-refractivity contribution in [3.63, 3.8) is 0 Å². The molecule has 0 saturated carbocycles. The lowest BCUT2D eigenvalue weighted by molar-refractivity contribution is -0.125. The number of hydrogen-bond donors (Lipinski definition) is 1. The standard InChI is InChI=1S/C13H26F3N/c1-3-4-5-6-7-8-9-12(2)10-17-11-13(14,15)16/h12,17H,3-11H2,1-2H3. The van der Waals surface area contributed by atoms with Crippen molar-refractivity contribution in [2.75, 3.05) is 13.1 Å². The number of halogens is 3. The van der Waals surface area contributed by atoms with E-state index in [1.165, 1.54) is 32.1 Å². The van der Waals surface area contributed by atoms with Gasteiger partial charge in [-0.1, -0.05) is 52.4 Å². The third-order valence-corrected chi connectivity index (χ3v) is 2.87. The van der Waals surface area contributed by atoms with Gasteiger partial charge in [-0.25, -0.2) is 0 Å². The number of hydrogen-bond acceptors (Lipinski definition) is 1. The molecule has 4 heteroatoms. The van der Waals surface area contributed by atoms with Gasteiger partial charge in [0.25, 0.3) is 0 Å². The maximum absolute atomic E-state index is 11.9. The van der Waals surface area contributed by atoms with Gasteiger partial charge in [0, 0.05) is 0 Å². The molecule has 0 aliphatic rings. The van der Waals surface area contributed by atoms with Crippen LogP contribution in [0.5, 0.6) is 0 Å². The van der Waals surface area contributed by atoms with Gasteiger partial charge in [0.05, 0.1) is 6.54 Å². The van der Waals surface area contributed by atoms with Gasteiger partial charge in [-0.05, 0) is 18.9 Å². The molecule has 0 amide bonds. The van der Waals surface area contributed by atoms with Gasteiger partial charge in [-0.3, -0.25) is 0 Å². The van der Waals surface area contributed by atoms with Crippen LogP contribution in [-0.2, 0) is 0 Å². The van der Waals surface area contributed by atoms with E-state index in [2.05, 4.69) is 12.2 Å². The van der Waals surface area contributed by atoms with Crippen molar-refractivity contribution >= 4 is 0 Å². The first-order valence-electron chi connectivity index (χ1n) is 6.73. The SMILES string of the molecule is CCCCCCCCC(C)CNCC(F)(F)F. The van der Waals surface area contributed by atoms with Crippen LogP contribution in [0.4, 0.5) is 13.2 Å². The Bertz CT molecular complexity index is 169. The molecule has 104 valence electrons. The van der Waals surface area contributed by atoms with Crippen molar-refractivity contribution in [1.29, 1.82) is 0 Å². The van der Waals surface area contributed by atoms with E-state index in [-0.39, 0.29) is 0 Å². The van der Waals surface area contributed by atoms with Crippen LogP contribution >= 0.6 is 0 Å². The summed E-state index contributed by atoms with van der Waals surface area (Å²) < 4.78 is 35.6. The van der Waals surface area contributed by atoms with Crippen molar-refractivity contribution in [3.8, 4) is 0 Å². The summed E-state index contributed by atoms with van der Waals surface area (Å²) >= 11 is 0. The van der Waals surface area contributed by atoms with Crippen LogP contribution in [-0.4, -0.2) is 19.3 Å². The van der Waals surface area contributed by atoms with Gasteiger partial charge in [0.1, 0.15) is 0 Å². The molecule has 0 aliphatic heterocycles. The van der Waals surface area contributed by atoms with E-state index in [4.69, 9.17) is 0 Å². The molecule has 0 aromatic heterocycles. The van der Waals surface area contributed by atoms with Crippen LogP contribution in [0.2, 0.25) is 0 Å². The van der Waals surface area contributed by atoms with E-state index in [9.17, 15) is 13.2 Å². The lowest BCUT2D eigenvalue weighted by Crippen LogP contribution is -2.31. The first kappa shape index (κ1) is 16.8. The molecule has 1 nitrogen and oxygen atoms in total. The van der Waals surface area contributed by atoms with Gasteiger partial charge >= 0.3 is 6.18 Å². The lowest BCUT2D eigenvalue weighted by atomic mass is 10.0. The number of alkyl halides is 3. The Morgan fingerprint density at radius 2 is 1.59 bits per heavy atom. The molecule has 0 saturated heterocycles. The number of rotatable bonds is 10. The minimum absolute atomic E-state index is 0.337. The predicted molar refractivity (Wildman–Crippen MR) is 66.1 cm³/mol. The highest BCUT2D eigenvalue weighted by molar-refractivity contribution is 4.61. The fraction of sp³-hybridized carbons (Fsp3) is 1.00. The lowest BCUT2D eigenvalue weighted by Gasteiger charge is -2.13. The minimum Gasteiger partial charge on any atom is -0.308 e. The molecule has 0 aliphatic carbocycles. The van der Waals surface area contributed by atoms with Crippen molar-refractivity contribution < 1.29 is 13.2 Å². The largest absolute Gasteiger partial charge is 0.401 e.